The van der Waals surface area contributed by atoms with E-state index in [1.165, 1.54) is 6.07 Å². The Morgan fingerprint density at radius 3 is 2.71 bits per heavy atom. The van der Waals surface area contributed by atoms with Gasteiger partial charge in [-0.15, -0.1) is 0 Å². The molecule has 0 radical (unpaired) electrons. The molecule has 1 aromatic heterocycles. The number of aliphatic hydroxyl groups excluding tert-OH is 2. The number of nitrogens with zero attached hydrogens (tertiary/aromatic N) is 1. The molecular formula is C12H10N2O3. The Morgan fingerprint density at radius 2 is 2.00 bits per heavy atom. The SMILES string of the molecule is N#CC(O)C(O)c1ccc2c[nH]c(=O)cc2c1. The van der Waals surface area contributed by atoms with E-state index in [0.29, 0.717) is 10.9 Å². The van der Waals surface area contributed by atoms with Crippen molar-refractivity contribution in [2.24, 2.45) is 0 Å². The zero-order chi connectivity index (χ0) is 12.4. The molecule has 1 aromatic carbocycles. The first-order chi connectivity index (χ1) is 8.11. The Labute approximate surface area is 96.6 Å². The van der Waals surface area contributed by atoms with E-state index in [-0.39, 0.29) is 5.56 Å². The van der Waals surface area contributed by atoms with Crippen LogP contribution in [0.1, 0.15) is 11.7 Å². The highest BCUT2D eigenvalue weighted by Crippen LogP contribution is 2.21. The number of rotatable bonds is 2. The first kappa shape index (κ1) is 11.3. The fourth-order valence-corrected chi connectivity index (χ4v) is 1.62. The summed E-state index contributed by atoms with van der Waals surface area (Å²) >= 11 is 0. The van der Waals surface area contributed by atoms with Crippen LogP contribution in [0.25, 0.3) is 10.8 Å². The standard InChI is InChI=1S/C12H10N2O3/c13-5-10(15)12(17)7-1-2-8-6-14-11(16)4-9(8)3-7/h1-4,6,10,12,15,17H,(H,14,16). The van der Waals surface area contributed by atoms with Crippen LogP contribution in [-0.2, 0) is 0 Å². The summed E-state index contributed by atoms with van der Waals surface area (Å²) in [6.45, 7) is 0. The van der Waals surface area contributed by atoms with Crippen molar-refractivity contribution >= 4 is 10.8 Å². The average molecular weight is 230 g/mol. The molecule has 5 nitrogen and oxygen atoms in total. The number of nitriles is 1. The van der Waals surface area contributed by atoms with Crippen molar-refractivity contribution in [2.75, 3.05) is 0 Å². The molecule has 86 valence electrons. The maximum Gasteiger partial charge on any atom is 0.248 e. The Kier molecular flexibility index (Phi) is 2.91. The van der Waals surface area contributed by atoms with Crippen molar-refractivity contribution in [2.45, 2.75) is 12.2 Å². The lowest BCUT2D eigenvalue weighted by Crippen LogP contribution is -2.15. The number of hydrogen-bond donors (Lipinski definition) is 3. The molecule has 1 heterocycles. The second-order valence-corrected chi connectivity index (χ2v) is 3.70. The molecule has 5 heteroatoms. The summed E-state index contributed by atoms with van der Waals surface area (Å²) in [6.07, 6.45) is -1.19. The van der Waals surface area contributed by atoms with Crippen LogP contribution >= 0.6 is 0 Å². The van der Waals surface area contributed by atoms with Gasteiger partial charge in [0.1, 0.15) is 6.10 Å². The molecular weight excluding hydrogens is 220 g/mol. The monoisotopic (exact) mass is 230 g/mol. The third kappa shape index (κ3) is 2.18. The Bertz CT molecular complexity index is 642. The van der Waals surface area contributed by atoms with Gasteiger partial charge in [-0.05, 0) is 22.4 Å². The molecule has 2 aromatic rings. The largest absolute Gasteiger partial charge is 0.385 e. The summed E-state index contributed by atoms with van der Waals surface area (Å²) in [4.78, 5) is 13.7. The lowest BCUT2D eigenvalue weighted by molar-refractivity contribution is 0.0529. The molecule has 0 fully saturated rings. The number of aromatic nitrogens is 1. The van der Waals surface area contributed by atoms with E-state index in [0.717, 1.165) is 5.39 Å². The minimum Gasteiger partial charge on any atom is -0.385 e. The fraction of sp³-hybridized carbons (Fsp3) is 0.167. The van der Waals surface area contributed by atoms with Gasteiger partial charge in [-0.2, -0.15) is 5.26 Å². The first-order valence-corrected chi connectivity index (χ1v) is 5.00. The van der Waals surface area contributed by atoms with Gasteiger partial charge in [-0.3, -0.25) is 4.79 Å². The Morgan fingerprint density at radius 1 is 1.24 bits per heavy atom. The lowest BCUT2D eigenvalue weighted by Gasteiger charge is -2.12. The zero-order valence-electron chi connectivity index (χ0n) is 8.79. The van der Waals surface area contributed by atoms with Gasteiger partial charge >= 0.3 is 0 Å². The van der Waals surface area contributed by atoms with Gasteiger partial charge in [0, 0.05) is 12.3 Å². The molecule has 0 aliphatic carbocycles. The number of aromatic amines is 1. The van der Waals surface area contributed by atoms with Crippen molar-refractivity contribution in [1.29, 1.82) is 5.26 Å². The zero-order valence-corrected chi connectivity index (χ0v) is 8.79. The Hall–Kier alpha value is -2.16. The van der Waals surface area contributed by atoms with Crippen molar-refractivity contribution in [3.63, 3.8) is 0 Å². The molecule has 17 heavy (non-hydrogen) atoms. The molecule has 0 spiro atoms. The summed E-state index contributed by atoms with van der Waals surface area (Å²) < 4.78 is 0. The number of aliphatic hydroxyl groups is 2. The molecule has 2 unspecified atom stereocenters. The van der Waals surface area contributed by atoms with E-state index < -0.39 is 12.2 Å². The number of pyridine rings is 1. The lowest BCUT2D eigenvalue weighted by atomic mass is 10.0. The fourth-order valence-electron chi connectivity index (χ4n) is 1.62. The molecule has 0 aliphatic heterocycles. The normalized spacial score (nSPS) is 14.2. The van der Waals surface area contributed by atoms with Gasteiger partial charge in [0.25, 0.3) is 0 Å². The Balaban J connectivity index is 2.51. The second-order valence-electron chi connectivity index (χ2n) is 3.70. The molecule has 0 saturated heterocycles. The number of fused-ring (bicyclic) bond motifs is 1. The van der Waals surface area contributed by atoms with E-state index in [1.54, 1.807) is 30.5 Å². The van der Waals surface area contributed by atoms with Crippen LogP contribution in [0.15, 0.2) is 35.3 Å². The number of nitrogens with one attached hydrogen (secondary N) is 1. The van der Waals surface area contributed by atoms with Crippen LogP contribution < -0.4 is 5.56 Å². The van der Waals surface area contributed by atoms with Crippen LogP contribution in [0.3, 0.4) is 0 Å². The maximum absolute atomic E-state index is 11.1. The summed E-state index contributed by atoms with van der Waals surface area (Å²) in [7, 11) is 0. The summed E-state index contributed by atoms with van der Waals surface area (Å²) in [5, 5.41) is 28.9. The van der Waals surface area contributed by atoms with Gasteiger partial charge in [0.2, 0.25) is 5.56 Å². The predicted octanol–water partition coefficient (Wildman–Crippen LogP) is 0.446. The van der Waals surface area contributed by atoms with Gasteiger partial charge in [0.15, 0.2) is 6.10 Å². The number of H-pyrrole nitrogens is 1. The molecule has 0 bridgehead atoms. The summed E-state index contributed by atoms with van der Waals surface area (Å²) in [5.74, 6) is 0. The molecule has 0 amide bonds. The predicted molar refractivity (Wildman–Crippen MR) is 61.1 cm³/mol. The van der Waals surface area contributed by atoms with Gasteiger partial charge < -0.3 is 15.2 Å². The number of benzene rings is 1. The van der Waals surface area contributed by atoms with Crippen molar-refractivity contribution in [3.05, 3.63) is 46.4 Å². The van der Waals surface area contributed by atoms with Gasteiger partial charge in [0.05, 0.1) is 6.07 Å². The molecule has 2 atom stereocenters. The second kappa shape index (κ2) is 4.37. The summed E-state index contributed by atoms with van der Waals surface area (Å²) in [5.41, 5.74) is 0.155. The number of hydrogen-bond acceptors (Lipinski definition) is 4. The van der Waals surface area contributed by atoms with Gasteiger partial charge in [-0.25, -0.2) is 0 Å². The van der Waals surface area contributed by atoms with Crippen LogP contribution in [0.2, 0.25) is 0 Å². The van der Waals surface area contributed by atoms with Gasteiger partial charge in [-0.1, -0.05) is 12.1 Å². The first-order valence-electron chi connectivity index (χ1n) is 5.00. The third-order valence-electron chi connectivity index (χ3n) is 2.54. The highest BCUT2D eigenvalue weighted by molar-refractivity contribution is 5.82. The third-order valence-corrected chi connectivity index (χ3v) is 2.54. The van der Waals surface area contributed by atoms with E-state index >= 15 is 0 Å². The van der Waals surface area contributed by atoms with Crippen LogP contribution in [-0.4, -0.2) is 21.3 Å². The van der Waals surface area contributed by atoms with E-state index in [2.05, 4.69) is 4.98 Å². The van der Waals surface area contributed by atoms with Crippen LogP contribution in [0.5, 0.6) is 0 Å². The molecule has 2 rings (SSSR count). The summed E-state index contributed by atoms with van der Waals surface area (Å²) in [6, 6.07) is 7.84. The topological polar surface area (TPSA) is 97.1 Å². The van der Waals surface area contributed by atoms with E-state index in [1.807, 2.05) is 0 Å². The molecule has 0 saturated carbocycles. The average Bonchev–Trinajstić information content (AvgIpc) is 2.36. The molecule has 0 aliphatic rings. The highest BCUT2D eigenvalue weighted by atomic mass is 16.3. The van der Waals surface area contributed by atoms with Crippen molar-refractivity contribution in [3.8, 4) is 6.07 Å². The van der Waals surface area contributed by atoms with Crippen LogP contribution in [0, 0.1) is 11.3 Å². The van der Waals surface area contributed by atoms with Crippen molar-refractivity contribution < 1.29 is 10.2 Å². The van der Waals surface area contributed by atoms with Crippen molar-refractivity contribution in [1.82, 2.24) is 4.98 Å². The minimum atomic E-state index is -1.48. The van der Waals surface area contributed by atoms with E-state index in [4.69, 9.17) is 5.26 Å². The smallest absolute Gasteiger partial charge is 0.248 e. The highest BCUT2D eigenvalue weighted by Gasteiger charge is 2.17. The quantitative estimate of drug-likeness (QED) is 0.652. The van der Waals surface area contributed by atoms with Crippen LogP contribution in [0.4, 0.5) is 0 Å². The van der Waals surface area contributed by atoms with E-state index in [9.17, 15) is 15.0 Å². The minimum absolute atomic E-state index is 0.245. The molecule has 3 N–H and O–H groups in total. The maximum atomic E-state index is 11.1.